The second kappa shape index (κ2) is 17.0. The van der Waals surface area contributed by atoms with Crippen molar-refractivity contribution in [1.29, 1.82) is 0 Å². The number of ether oxygens (including phenoxy) is 3. The zero-order chi connectivity index (χ0) is 33.9. The minimum atomic E-state index is -0.703. The average molecular weight is 653 g/mol. The smallest absolute Gasteiger partial charge is 0.319 e. The molecule has 254 valence electrons. The second-order valence-corrected chi connectivity index (χ2v) is 11.8. The van der Waals surface area contributed by atoms with Crippen LogP contribution < -0.4 is 30.2 Å². The molecular formula is C36H46F2N4O5. The Labute approximate surface area is 276 Å². The van der Waals surface area contributed by atoms with Gasteiger partial charge >= 0.3 is 6.03 Å². The highest BCUT2D eigenvalue weighted by atomic mass is 19.1. The summed E-state index contributed by atoms with van der Waals surface area (Å²) >= 11 is 0. The van der Waals surface area contributed by atoms with Crippen molar-refractivity contribution in [3.05, 3.63) is 71.3 Å². The van der Waals surface area contributed by atoms with Gasteiger partial charge in [0.2, 0.25) is 0 Å². The fourth-order valence-corrected chi connectivity index (χ4v) is 5.41. The Morgan fingerprint density at radius 3 is 2.23 bits per heavy atom. The van der Waals surface area contributed by atoms with Crippen LogP contribution in [0, 0.1) is 18.6 Å². The van der Waals surface area contributed by atoms with Crippen molar-refractivity contribution in [1.82, 2.24) is 10.2 Å². The summed E-state index contributed by atoms with van der Waals surface area (Å²) in [6.45, 7) is 10.9. The van der Waals surface area contributed by atoms with Gasteiger partial charge in [-0.05, 0) is 81.5 Å². The van der Waals surface area contributed by atoms with Crippen LogP contribution in [-0.2, 0) is 0 Å². The zero-order valence-electron chi connectivity index (χ0n) is 27.9. The summed E-state index contributed by atoms with van der Waals surface area (Å²) in [6, 6.07) is 11.0. The largest absolute Gasteiger partial charge is 0.493 e. The van der Waals surface area contributed by atoms with Crippen LogP contribution in [0.3, 0.4) is 0 Å². The topological polar surface area (TPSA) is 101 Å². The normalized spacial score (nSPS) is 13.7. The van der Waals surface area contributed by atoms with Crippen LogP contribution in [-0.4, -0.2) is 55.7 Å². The summed E-state index contributed by atoms with van der Waals surface area (Å²) in [7, 11) is 1.41. The van der Waals surface area contributed by atoms with E-state index in [9.17, 15) is 14.0 Å². The number of aryl methyl sites for hydroxylation is 1. The zero-order valence-corrected chi connectivity index (χ0v) is 27.9. The first-order valence-electron chi connectivity index (χ1n) is 16.4. The van der Waals surface area contributed by atoms with Crippen molar-refractivity contribution in [2.75, 3.05) is 37.4 Å². The highest BCUT2D eigenvalue weighted by molar-refractivity contribution is 6.04. The molecule has 1 heterocycles. The molecule has 3 aromatic carbocycles. The molecule has 0 saturated carbocycles. The molecule has 0 spiro atoms. The number of halogens is 2. The standard InChI is InChI=1S/C36H46F2N4O5/c1-6-9-16-42-17-14-27(15-18-42)46-32-20-29(37)28(19-23(32)4)35(43)39-25-10-12-26(13-11-25)47-34-21-30(38)31(22-33(34)45-5)41-36(44)40-24(7-2)8-3/h10-13,19-22,24,27H,6-9,14-18H2,1-5H3,(H,39,43)(H2,40,41,44). The summed E-state index contributed by atoms with van der Waals surface area (Å²) in [5.41, 5.74) is 0.951. The monoisotopic (exact) mass is 652 g/mol. The lowest BCUT2D eigenvalue weighted by Gasteiger charge is -2.32. The lowest BCUT2D eigenvalue weighted by molar-refractivity contribution is 0.0986. The molecule has 47 heavy (non-hydrogen) atoms. The van der Waals surface area contributed by atoms with E-state index in [-0.39, 0.29) is 34.9 Å². The molecule has 0 unspecified atom stereocenters. The highest BCUT2D eigenvalue weighted by Crippen LogP contribution is 2.36. The van der Waals surface area contributed by atoms with Crippen LogP contribution in [0.25, 0.3) is 0 Å². The molecule has 3 amide bonds. The number of likely N-dealkylation sites (tertiary alicyclic amines) is 1. The first-order chi connectivity index (χ1) is 22.6. The van der Waals surface area contributed by atoms with E-state index in [0.717, 1.165) is 51.4 Å². The lowest BCUT2D eigenvalue weighted by Crippen LogP contribution is -2.38. The van der Waals surface area contributed by atoms with Gasteiger partial charge in [-0.25, -0.2) is 13.6 Å². The van der Waals surface area contributed by atoms with E-state index >= 15 is 4.39 Å². The van der Waals surface area contributed by atoms with Crippen LogP contribution >= 0.6 is 0 Å². The summed E-state index contributed by atoms with van der Waals surface area (Å²) in [6.07, 6.45) is 5.64. The van der Waals surface area contributed by atoms with Gasteiger partial charge in [-0.3, -0.25) is 4.79 Å². The van der Waals surface area contributed by atoms with Crippen LogP contribution in [0.4, 0.5) is 25.0 Å². The van der Waals surface area contributed by atoms with Crippen LogP contribution in [0.5, 0.6) is 23.0 Å². The molecule has 0 radical (unpaired) electrons. The number of anilines is 2. The summed E-state index contributed by atoms with van der Waals surface area (Å²) in [5.74, 6) is -0.878. The molecule has 1 fully saturated rings. The van der Waals surface area contributed by atoms with E-state index in [1.807, 2.05) is 13.8 Å². The fraction of sp³-hybridized carbons (Fsp3) is 0.444. The van der Waals surface area contributed by atoms with E-state index in [1.165, 1.54) is 38.2 Å². The summed E-state index contributed by atoms with van der Waals surface area (Å²) < 4.78 is 47.3. The van der Waals surface area contributed by atoms with Crippen molar-refractivity contribution in [3.8, 4) is 23.0 Å². The van der Waals surface area contributed by atoms with Gasteiger partial charge in [0.15, 0.2) is 17.3 Å². The molecule has 1 saturated heterocycles. The molecule has 4 rings (SSSR count). The molecule has 3 N–H and O–H groups in total. The number of unbranched alkanes of at least 4 members (excludes halogenated alkanes) is 1. The van der Waals surface area contributed by atoms with E-state index in [0.29, 0.717) is 22.7 Å². The minimum absolute atomic E-state index is 0.0168. The molecule has 0 bridgehead atoms. The number of rotatable bonds is 14. The number of nitrogens with one attached hydrogen (secondary N) is 3. The van der Waals surface area contributed by atoms with Crippen molar-refractivity contribution in [2.45, 2.75) is 78.4 Å². The molecular weight excluding hydrogens is 606 g/mol. The van der Waals surface area contributed by atoms with Gasteiger partial charge in [0.25, 0.3) is 5.91 Å². The Kier molecular flexibility index (Phi) is 12.8. The summed E-state index contributed by atoms with van der Waals surface area (Å²) in [4.78, 5) is 27.7. The van der Waals surface area contributed by atoms with E-state index < -0.39 is 23.6 Å². The van der Waals surface area contributed by atoms with Crippen LogP contribution in [0.2, 0.25) is 0 Å². The van der Waals surface area contributed by atoms with Crippen molar-refractivity contribution < 1.29 is 32.6 Å². The van der Waals surface area contributed by atoms with E-state index in [4.69, 9.17) is 14.2 Å². The lowest BCUT2D eigenvalue weighted by atomic mass is 10.1. The number of hydrogen-bond acceptors (Lipinski definition) is 6. The third kappa shape index (κ3) is 9.81. The predicted octanol–water partition coefficient (Wildman–Crippen LogP) is 8.28. The molecule has 9 nitrogen and oxygen atoms in total. The Hall–Kier alpha value is -4.38. The molecule has 0 aromatic heterocycles. The van der Waals surface area contributed by atoms with Crippen molar-refractivity contribution in [3.63, 3.8) is 0 Å². The number of methoxy groups -OCH3 is 1. The maximum Gasteiger partial charge on any atom is 0.319 e. The Balaban J connectivity index is 1.35. The van der Waals surface area contributed by atoms with Gasteiger partial charge in [0.05, 0.1) is 18.4 Å². The minimum Gasteiger partial charge on any atom is -0.493 e. The number of hydrogen-bond donors (Lipinski definition) is 3. The number of urea groups is 1. The quantitative estimate of drug-likeness (QED) is 0.162. The number of benzene rings is 3. The first kappa shape index (κ1) is 35.5. The molecule has 0 atom stereocenters. The van der Waals surface area contributed by atoms with Gasteiger partial charge in [-0.1, -0.05) is 27.2 Å². The fourth-order valence-electron chi connectivity index (χ4n) is 5.41. The maximum absolute atomic E-state index is 15.1. The number of amides is 3. The molecule has 3 aromatic rings. The number of carbonyl (C=O) groups excluding carboxylic acids is 2. The van der Waals surface area contributed by atoms with E-state index in [1.54, 1.807) is 31.2 Å². The third-order valence-electron chi connectivity index (χ3n) is 8.33. The average Bonchev–Trinajstić information content (AvgIpc) is 3.06. The highest BCUT2D eigenvalue weighted by Gasteiger charge is 2.23. The van der Waals surface area contributed by atoms with Gasteiger partial charge in [0.1, 0.15) is 23.4 Å². The van der Waals surface area contributed by atoms with E-state index in [2.05, 4.69) is 27.8 Å². The maximum atomic E-state index is 15.1. The summed E-state index contributed by atoms with van der Waals surface area (Å²) in [5, 5.41) is 8.02. The molecule has 11 heteroatoms. The Morgan fingerprint density at radius 2 is 1.60 bits per heavy atom. The van der Waals surface area contributed by atoms with Crippen molar-refractivity contribution in [2.24, 2.45) is 0 Å². The first-order valence-corrected chi connectivity index (χ1v) is 16.4. The van der Waals surface area contributed by atoms with Gasteiger partial charge in [-0.15, -0.1) is 0 Å². The van der Waals surface area contributed by atoms with Gasteiger partial charge in [-0.2, -0.15) is 0 Å². The Morgan fingerprint density at radius 1 is 0.915 bits per heavy atom. The van der Waals surface area contributed by atoms with Crippen molar-refractivity contribution >= 4 is 23.3 Å². The number of piperidine rings is 1. The number of nitrogens with zero attached hydrogens (tertiary/aromatic N) is 1. The predicted molar refractivity (Wildman–Crippen MR) is 180 cm³/mol. The van der Waals surface area contributed by atoms with Gasteiger partial charge < -0.3 is 35.1 Å². The van der Waals surface area contributed by atoms with Crippen LogP contribution in [0.15, 0.2) is 48.5 Å². The molecule has 1 aliphatic heterocycles. The number of carbonyl (C=O) groups is 2. The molecule has 0 aliphatic carbocycles. The van der Waals surface area contributed by atoms with Gasteiger partial charge in [0, 0.05) is 43.0 Å². The Bertz CT molecular complexity index is 1510. The second-order valence-electron chi connectivity index (χ2n) is 11.8. The molecule has 1 aliphatic rings. The third-order valence-corrected chi connectivity index (χ3v) is 8.33. The SMILES string of the molecule is CCCCN1CCC(Oc2cc(F)c(C(=O)Nc3ccc(Oc4cc(F)c(NC(=O)NC(CC)CC)cc4OC)cc3)cc2C)CC1. The van der Waals surface area contributed by atoms with Crippen LogP contribution in [0.1, 0.15) is 75.2 Å².